The Balaban J connectivity index is 2.11. The molecule has 2 aromatic rings. The highest BCUT2D eigenvalue weighted by molar-refractivity contribution is 6.31. The highest BCUT2D eigenvalue weighted by Gasteiger charge is 2.06. The lowest BCUT2D eigenvalue weighted by molar-refractivity contribution is 0.299. The van der Waals surface area contributed by atoms with Crippen LogP contribution in [0.2, 0.25) is 5.02 Å². The van der Waals surface area contributed by atoms with Crippen LogP contribution in [-0.2, 0) is 6.61 Å². The average Bonchev–Trinajstić information content (AvgIpc) is 2.30. The zero-order valence-corrected chi connectivity index (χ0v) is 9.32. The Kier molecular flexibility index (Phi) is 3.32. The summed E-state index contributed by atoms with van der Waals surface area (Å²) in [7, 11) is 0. The molecule has 1 N–H and O–H groups in total. The van der Waals surface area contributed by atoms with Gasteiger partial charge in [0.05, 0.1) is 5.02 Å². The van der Waals surface area contributed by atoms with Gasteiger partial charge in [-0.15, -0.1) is 0 Å². The van der Waals surface area contributed by atoms with Gasteiger partial charge in [0.1, 0.15) is 18.1 Å². The molecule has 3 heteroatoms. The summed E-state index contributed by atoms with van der Waals surface area (Å²) >= 11 is 5.96. The van der Waals surface area contributed by atoms with E-state index in [0.717, 1.165) is 5.75 Å². The summed E-state index contributed by atoms with van der Waals surface area (Å²) in [6.07, 6.45) is 0. The molecule has 0 radical (unpaired) electrons. The number of para-hydroxylation sites is 1. The fraction of sp³-hybridized carbons (Fsp3) is 0.0769. The molecule has 0 atom stereocenters. The van der Waals surface area contributed by atoms with Crippen molar-refractivity contribution in [3.63, 3.8) is 0 Å². The SMILES string of the molecule is Oc1cccc(Cl)c1COc1ccccc1. The van der Waals surface area contributed by atoms with E-state index in [9.17, 15) is 5.11 Å². The van der Waals surface area contributed by atoms with Crippen molar-refractivity contribution >= 4 is 11.6 Å². The van der Waals surface area contributed by atoms with E-state index < -0.39 is 0 Å². The van der Waals surface area contributed by atoms with E-state index in [1.54, 1.807) is 18.2 Å². The zero-order chi connectivity index (χ0) is 11.4. The first-order chi connectivity index (χ1) is 7.77. The average molecular weight is 235 g/mol. The van der Waals surface area contributed by atoms with Crippen molar-refractivity contribution in [1.82, 2.24) is 0 Å². The van der Waals surface area contributed by atoms with Crippen LogP contribution in [0.3, 0.4) is 0 Å². The minimum Gasteiger partial charge on any atom is -0.507 e. The van der Waals surface area contributed by atoms with Crippen LogP contribution in [0.15, 0.2) is 48.5 Å². The molecule has 0 aromatic heterocycles. The molecule has 0 saturated heterocycles. The van der Waals surface area contributed by atoms with Crippen LogP contribution in [0, 0.1) is 0 Å². The van der Waals surface area contributed by atoms with Gasteiger partial charge in [0.2, 0.25) is 0 Å². The van der Waals surface area contributed by atoms with Gasteiger partial charge in [-0.05, 0) is 24.3 Å². The molecule has 0 amide bonds. The molecule has 0 spiro atoms. The third-order valence-corrected chi connectivity index (χ3v) is 2.57. The van der Waals surface area contributed by atoms with Gasteiger partial charge >= 0.3 is 0 Å². The molecule has 0 aliphatic heterocycles. The molecule has 16 heavy (non-hydrogen) atoms. The van der Waals surface area contributed by atoms with E-state index in [1.165, 1.54) is 0 Å². The lowest BCUT2D eigenvalue weighted by atomic mass is 10.2. The van der Waals surface area contributed by atoms with Crippen LogP contribution in [0.1, 0.15) is 5.56 Å². The van der Waals surface area contributed by atoms with Gasteiger partial charge < -0.3 is 9.84 Å². The smallest absolute Gasteiger partial charge is 0.123 e. The number of ether oxygens (including phenoxy) is 1. The minimum absolute atomic E-state index is 0.156. The summed E-state index contributed by atoms with van der Waals surface area (Å²) in [4.78, 5) is 0. The van der Waals surface area contributed by atoms with Crippen molar-refractivity contribution in [3.8, 4) is 11.5 Å². The first-order valence-electron chi connectivity index (χ1n) is 4.91. The maximum absolute atomic E-state index is 9.60. The number of halogens is 1. The van der Waals surface area contributed by atoms with Gasteiger partial charge in [-0.3, -0.25) is 0 Å². The van der Waals surface area contributed by atoms with Crippen LogP contribution in [0.25, 0.3) is 0 Å². The second-order valence-electron chi connectivity index (χ2n) is 3.34. The third kappa shape index (κ3) is 2.47. The van der Waals surface area contributed by atoms with Crippen molar-refractivity contribution in [2.45, 2.75) is 6.61 Å². The molecule has 0 saturated carbocycles. The Morgan fingerprint density at radius 1 is 1.00 bits per heavy atom. The number of hydrogen-bond donors (Lipinski definition) is 1. The van der Waals surface area contributed by atoms with E-state index >= 15 is 0 Å². The van der Waals surface area contributed by atoms with Crippen LogP contribution in [0.5, 0.6) is 11.5 Å². The standard InChI is InChI=1S/C13H11ClO2/c14-12-7-4-8-13(15)11(12)9-16-10-5-2-1-3-6-10/h1-8,15H,9H2. The lowest BCUT2D eigenvalue weighted by Gasteiger charge is -2.09. The topological polar surface area (TPSA) is 29.5 Å². The van der Waals surface area contributed by atoms with Gasteiger partial charge in [-0.1, -0.05) is 35.9 Å². The van der Waals surface area contributed by atoms with Crippen molar-refractivity contribution in [3.05, 3.63) is 59.1 Å². The molecule has 0 bridgehead atoms. The minimum atomic E-state index is 0.156. The molecule has 0 unspecified atom stereocenters. The fourth-order valence-electron chi connectivity index (χ4n) is 1.36. The van der Waals surface area contributed by atoms with Crippen molar-refractivity contribution in [2.75, 3.05) is 0 Å². The molecule has 2 rings (SSSR count). The summed E-state index contributed by atoms with van der Waals surface area (Å²) in [5, 5.41) is 10.1. The molecule has 0 heterocycles. The molecule has 2 nitrogen and oxygen atoms in total. The van der Waals surface area contributed by atoms with Gasteiger partial charge in [0, 0.05) is 5.56 Å². The van der Waals surface area contributed by atoms with Crippen LogP contribution >= 0.6 is 11.6 Å². The van der Waals surface area contributed by atoms with Crippen molar-refractivity contribution < 1.29 is 9.84 Å². The quantitative estimate of drug-likeness (QED) is 0.879. The summed E-state index contributed by atoms with van der Waals surface area (Å²) < 4.78 is 5.51. The predicted octanol–water partition coefficient (Wildman–Crippen LogP) is 3.62. The van der Waals surface area contributed by atoms with E-state index in [1.807, 2.05) is 30.3 Å². The maximum Gasteiger partial charge on any atom is 0.123 e. The maximum atomic E-state index is 9.60. The largest absolute Gasteiger partial charge is 0.507 e. The highest BCUT2D eigenvalue weighted by atomic mass is 35.5. The molecule has 0 aliphatic rings. The Morgan fingerprint density at radius 3 is 2.44 bits per heavy atom. The molecular weight excluding hydrogens is 224 g/mol. The summed E-state index contributed by atoms with van der Waals surface area (Å²) in [6.45, 7) is 0.259. The van der Waals surface area contributed by atoms with E-state index in [4.69, 9.17) is 16.3 Å². The van der Waals surface area contributed by atoms with Gasteiger partial charge in [0.25, 0.3) is 0 Å². The Morgan fingerprint density at radius 2 is 1.75 bits per heavy atom. The number of phenols is 1. The number of hydrogen-bond acceptors (Lipinski definition) is 2. The van der Waals surface area contributed by atoms with Gasteiger partial charge in [-0.25, -0.2) is 0 Å². The van der Waals surface area contributed by atoms with Crippen LogP contribution < -0.4 is 4.74 Å². The number of phenolic OH excluding ortho intramolecular Hbond substituents is 1. The lowest BCUT2D eigenvalue weighted by Crippen LogP contribution is -1.96. The predicted molar refractivity (Wildman–Crippen MR) is 63.9 cm³/mol. The van der Waals surface area contributed by atoms with E-state index in [0.29, 0.717) is 10.6 Å². The second kappa shape index (κ2) is 4.90. The Hall–Kier alpha value is -1.67. The molecule has 82 valence electrons. The zero-order valence-electron chi connectivity index (χ0n) is 8.56. The van der Waals surface area contributed by atoms with Gasteiger partial charge in [-0.2, -0.15) is 0 Å². The third-order valence-electron chi connectivity index (χ3n) is 2.22. The van der Waals surface area contributed by atoms with Crippen molar-refractivity contribution in [1.29, 1.82) is 0 Å². The normalized spacial score (nSPS) is 10.1. The monoisotopic (exact) mass is 234 g/mol. The molecule has 0 fully saturated rings. The van der Waals surface area contributed by atoms with Gasteiger partial charge in [0.15, 0.2) is 0 Å². The van der Waals surface area contributed by atoms with E-state index in [2.05, 4.69) is 0 Å². The number of benzene rings is 2. The first kappa shape index (κ1) is 10.8. The van der Waals surface area contributed by atoms with E-state index in [-0.39, 0.29) is 12.4 Å². The molecular formula is C13H11ClO2. The van der Waals surface area contributed by atoms with Crippen LogP contribution in [-0.4, -0.2) is 5.11 Å². The molecule has 0 aliphatic carbocycles. The van der Waals surface area contributed by atoms with Crippen LogP contribution in [0.4, 0.5) is 0 Å². The summed E-state index contributed by atoms with van der Waals surface area (Å²) in [5.41, 5.74) is 0.605. The Bertz CT molecular complexity index is 448. The number of rotatable bonds is 3. The second-order valence-corrected chi connectivity index (χ2v) is 3.75. The molecule has 2 aromatic carbocycles. The number of aromatic hydroxyl groups is 1. The summed E-state index contributed by atoms with van der Waals surface area (Å²) in [5.74, 6) is 0.908. The Labute approximate surface area is 99.1 Å². The fourth-order valence-corrected chi connectivity index (χ4v) is 1.59. The first-order valence-corrected chi connectivity index (χ1v) is 5.29. The summed E-state index contributed by atoms with van der Waals surface area (Å²) in [6, 6.07) is 14.4. The van der Waals surface area contributed by atoms with Crippen molar-refractivity contribution in [2.24, 2.45) is 0 Å². The highest BCUT2D eigenvalue weighted by Crippen LogP contribution is 2.26.